The lowest BCUT2D eigenvalue weighted by Gasteiger charge is -2.20. The molecule has 2 N–H and O–H groups in total. The molecule has 5 heteroatoms. The first-order valence-electron chi connectivity index (χ1n) is 6.05. The van der Waals surface area contributed by atoms with E-state index < -0.39 is 5.82 Å². The molecule has 0 saturated carbocycles. The van der Waals surface area contributed by atoms with E-state index in [4.69, 9.17) is 10.5 Å². The highest BCUT2D eigenvalue weighted by atomic mass is 19.1. The number of rotatable bonds is 6. The van der Waals surface area contributed by atoms with Gasteiger partial charge in [-0.1, -0.05) is 0 Å². The van der Waals surface area contributed by atoms with Crippen LogP contribution in [0.2, 0.25) is 0 Å². The summed E-state index contributed by atoms with van der Waals surface area (Å²) in [5.41, 5.74) is 5.59. The molecule has 0 aliphatic heterocycles. The molecular weight excluding hydrogens is 235 g/mol. The average molecular weight is 254 g/mol. The molecule has 4 nitrogen and oxygen atoms in total. The van der Waals surface area contributed by atoms with Crippen LogP contribution in [-0.4, -0.2) is 37.0 Å². The van der Waals surface area contributed by atoms with Crippen molar-refractivity contribution in [3.8, 4) is 5.75 Å². The zero-order valence-corrected chi connectivity index (χ0v) is 10.8. The molecule has 0 spiro atoms. The van der Waals surface area contributed by atoms with Gasteiger partial charge in [-0.3, -0.25) is 4.79 Å². The van der Waals surface area contributed by atoms with Crippen LogP contribution in [0.3, 0.4) is 0 Å². The van der Waals surface area contributed by atoms with Gasteiger partial charge in [-0.15, -0.1) is 0 Å². The minimum atomic E-state index is -0.453. The van der Waals surface area contributed by atoms with Crippen LogP contribution in [0.4, 0.5) is 4.39 Å². The van der Waals surface area contributed by atoms with Crippen LogP contribution in [0.5, 0.6) is 5.75 Å². The zero-order chi connectivity index (χ0) is 13.5. The molecule has 1 amide bonds. The molecule has 1 aromatic rings. The van der Waals surface area contributed by atoms with Crippen molar-refractivity contribution in [3.63, 3.8) is 0 Å². The van der Waals surface area contributed by atoms with Crippen LogP contribution in [0.1, 0.15) is 24.2 Å². The molecule has 0 heterocycles. The van der Waals surface area contributed by atoms with Crippen molar-refractivity contribution in [1.82, 2.24) is 4.90 Å². The Bertz CT molecular complexity index is 406. The lowest BCUT2D eigenvalue weighted by atomic mass is 10.1. The normalized spacial score (nSPS) is 10.2. The van der Waals surface area contributed by atoms with Crippen molar-refractivity contribution >= 4 is 5.91 Å². The topological polar surface area (TPSA) is 55.6 Å². The van der Waals surface area contributed by atoms with E-state index in [9.17, 15) is 9.18 Å². The van der Waals surface area contributed by atoms with Crippen molar-refractivity contribution in [1.29, 1.82) is 0 Å². The predicted octanol–water partition coefficient (Wildman–Crippen LogP) is 1.65. The molecule has 0 bridgehead atoms. The molecule has 0 unspecified atom stereocenters. The molecule has 0 atom stereocenters. The van der Waals surface area contributed by atoms with Crippen molar-refractivity contribution in [3.05, 3.63) is 29.6 Å². The summed E-state index contributed by atoms with van der Waals surface area (Å²) in [6, 6.07) is 3.93. The van der Waals surface area contributed by atoms with E-state index in [2.05, 4.69) is 0 Å². The molecule has 0 aromatic heterocycles. The second-order valence-electron chi connectivity index (χ2n) is 3.76. The summed E-state index contributed by atoms with van der Waals surface area (Å²) in [5, 5.41) is 0. The van der Waals surface area contributed by atoms with E-state index >= 15 is 0 Å². The number of benzene rings is 1. The largest absolute Gasteiger partial charge is 0.491 e. The maximum absolute atomic E-state index is 13.3. The molecule has 0 radical (unpaired) electrons. The standard InChI is InChI=1S/C13H19FN2O2/c1-3-16(4-2)13(17)11-9-10(14)5-6-12(11)18-8-7-15/h5-6,9H,3-4,7-8,15H2,1-2H3. The van der Waals surface area contributed by atoms with E-state index in [1.54, 1.807) is 4.90 Å². The fraction of sp³-hybridized carbons (Fsp3) is 0.462. The summed E-state index contributed by atoms with van der Waals surface area (Å²) in [5.74, 6) is -0.309. The van der Waals surface area contributed by atoms with E-state index in [0.29, 0.717) is 32.0 Å². The van der Waals surface area contributed by atoms with Crippen LogP contribution in [0.25, 0.3) is 0 Å². The maximum atomic E-state index is 13.3. The average Bonchev–Trinajstić information content (AvgIpc) is 2.38. The number of nitrogens with zero attached hydrogens (tertiary/aromatic N) is 1. The Balaban J connectivity index is 3.03. The smallest absolute Gasteiger partial charge is 0.257 e. The van der Waals surface area contributed by atoms with Crippen LogP contribution in [-0.2, 0) is 0 Å². The summed E-state index contributed by atoms with van der Waals surface area (Å²) < 4.78 is 18.6. The summed E-state index contributed by atoms with van der Waals surface area (Å²) in [6.07, 6.45) is 0. The second kappa shape index (κ2) is 6.96. The monoisotopic (exact) mass is 254 g/mol. The molecule has 1 rings (SSSR count). The van der Waals surface area contributed by atoms with E-state index in [1.165, 1.54) is 18.2 Å². The second-order valence-corrected chi connectivity index (χ2v) is 3.76. The number of hydrogen-bond donors (Lipinski definition) is 1. The SMILES string of the molecule is CCN(CC)C(=O)c1cc(F)ccc1OCCN. The lowest BCUT2D eigenvalue weighted by Crippen LogP contribution is -2.31. The molecule has 0 saturated heterocycles. The highest BCUT2D eigenvalue weighted by Crippen LogP contribution is 2.21. The number of halogens is 1. The first-order chi connectivity index (χ1) is 8.63. The van der Waals surface area contributed by atoms with Crippen LogP contribution < -0.4 is 10.5 Å². The quantitative estimate of drug-likeness (QED) is 0.839. The third-order valence-corrected chi connectivity index (χ3v) is 2.60. The third kappa shape index (κ3) is 3.43. The van der Waals surface area contributed by atoms with Gasteiger partial charge in [-0.05, 0) is 32.0 Å². The number of hydrogen-bond acceptors (Lipinski definition) is 3. The fourth-order valence-electron chi connectivity index (χ4n) is 1.65. The Morgan fingerprint density at radius 2 is 2.06 bits per heavy atom. The zero-order valence-electron chi connectivity index (χ0n) is 10.8. The number of ether oxygens (including phenoxy) is 1. The van der Waals surface area contributed by atoms with Gasteiger partial charge in [0.1, 0.15) is 18.2 Å². The number of nitrogens with two attached hydrogens (primary N) is 1. The Morgan fingerprint density at radius 1 is 1.39 bits per heavy atom. The van der Waals surface area contributed by atoms with Gasteiger partial charge in [0.25, 0.3) is 5.91 Å². The van der Waals surface area contributed by atoms with Gasteiger partial charge in [-0.2, -0.15) is 0 Å². The van der Waals surface area contributed by atoms with E-state index in [-0.39, 0.29) is 11.5 Å². The molecule has 0 aliphatic carbocycles. The van der Waals surface area contributed by atoms with Gasteiger partial charge in [0, 0.05) is 19.6 Å². The molecule has 100 valence electrons. The van der Waals surface area contributed by atoms with Gasteiger partial charge in [-0.25, -0.2) is 4.39 Å². The maximum Gasteiger partial charge on any atom is 0.257 e. The summed E-state index contributed by atoms with van der Waals surface area (Å²) in [6.45, 7) is 5.53. The first-order valence-corrected chi connectivity index (χ1v) is 6.05. The van der Waals surface area contributed by atoms with Gasteiger partial charge < -0.3 is 15.4 Å². The van der Waals surface area contributed by atoms with Crippen LogP contribution in [0.15, 0.2) is 18.2 Å². The van der Waals surface area contributed by atoms with Gasteiger partial charge in [0.05, 0.1) is 5.56 Å². The van der Waals surface area contributed by atoms with Crippen molar-refractivity contribution in [2.24, 2.45) is 5.73 Å². The molecule has 0 aliphatic rings. The highest BCUT2D eigenvalue weighted by Gasteiger charge is 2.18. The summed E-state index contributed by atoms with van der Waals surface area (Å²) in [4.78, 5) is 13.8. The van der Waals surface area contributed by atoms with Crippen LogP contribution in [0, 0.1) is 5.82 Å². The first kappa shape index (κ1) is 14.4. The number of carbonyl (C=O) groups is 1. The molecule has 1 aromatic carbocycles. The minimum Gasteiger partial charge on any atom is -0.491 e. The Morgan fingerprint density at radius 3 is 2.61 bits per heavy atom. The Hall–Kier alpha value is -1.62. The van der Waals surface area contributed by atoms with Gasteiger partial charge >= 0.3 is 0 Å². The molecule has 0 fully saturated rings. The van der Waals surface area contributed by atoms with Crippen molar-refractivity contribution < 1.29 is 13.9 Å². The van der Waals surface area contributed by atoms with Gasteiger partial charge in [0.15, 0.2) is 0 Å². The molecule has 18 heavy (non-hydrogen) atoms. The highest BCUT2D eigenvalue weighted by molar-refractivity contribution is 5.96. The third-order valence-electron chi connectivity index (χ3n) is 2.60. The summed E-state index contributed by atoms with van der Waals surface area (Å²) in [7, 11) is 0. The number of carbonyl (C=O) groups excluding carboxylic acids is 1. The Labute approximate surface area is 107 Å². The molecular formula is C13H19FN2O2. The van der Waals surface area contributed by atoms with Crippen molar-refractivity contribution in [2.75, 3.05) is 26.2 Å². The van der Waals surface area contributed by atoms with E-state index in [0.717, 1.165) is 0 Å². The summed E-state index contributed by atoms with van der Waals surface area (Å²) >= 11 is 0. The van der Waals surface area contributed by atoms with Crippen LogP contribution >= 0.6 is 0 Å². The predicted molar refractivity (Wildman–Crippen MR) is 68.2 cm³/mol. The fourth-order valence-corrected chi connectivity index (χ4v) is 1.65. The minimum absolute atomic E-state index is 0.230. The van der Waals surface area contributed by atoms with Gasteiger partial charge in [0.2, 0.25) is 0 Å². The Kier molecular flexibility index (Phi) is 5.58. The number of amides is 1. The van der Waals surface area contributed by atoms with E-state index in [1.807, 2.05) is 13.8 Å². The lowest BCUT2D eigenvalue weighted by molar-refractivity contribution is 0.0768. The van der Waals surface area contributed by atoms with Crippen molar-refractivity contribution in [2.45, 2.75) is 13.8 Å².